The molecule has 0 aromatic carbocycles. The second-order valence-corrected chi connectivity index (χ2v) is 8.46. The van der Waals surface area contributed by atoms with Crippen molar-refractivity contribution >= 4 is 28.4 Å². The van der Waals surface area contributed by atoms with E-state index >= 15 is 0 Å². The van der Waals surface area contributed by atoms with Crippen molar-refractivity contribution in [2.75, 3.05) is 31.0 Å². The lowest BCUT2D eigenvalue weighted by Gasteiger charge is -2.39. The summed E-state index contributed by atoms with van der Waals surface area (Å²) in [7, 11) is 1.61. The summed E-state index contributed by atoms with van der Waals surface area (Å²) >= 11 is 0. The van der Waals surface area contributed by atoms with E-state index in [4.69, 9.17) is 9.72 Å². The number of piperidine rings is 1. The van der Waals surface area contributed by atoms with Crippen LogP contribution in [0.1, 0.15) is 31.4 Å². The molecule has 2 saturated heterocycles. The third-order valence-electron chi connectivity index (χ3n) is 6.40. The second-order valence-electron chi connectivity index (χ2n) is 8.46. The zero-order valence-corrected chi connectivity index (χ0v) is 17.9. The number of pyridine rings is 2. The SMILES string of the molecule is COc1ccc2c(NC3C[C@H]4CC[C@@H](C3)N4CCF)nc(Nc3cc(C)[nH]n3)cc2n1. The van der Waals surface area contributed by atoms with Gasteiger partial charge in [-0.05, 0) is 38.7 Å². The van der Waals surface area contributed by atoms with Crippen molar-refractivity contribution in [1.82, 2.24) is 25.1 Å². The molecule has 0 aliphatic carbocycles. The van der Waals surface area contributed by atoms with Gasteiger partial charge in [-0.1, -0.05) is 0 Å². The number of rotatable bonds is 7. The molecule has 5 heterocycles. The molecule has 0 saturated carbocycles. The Bertz CT molecular complexity index is 1060. The van der Waals surface area contributed by atoms with E-state index in [2.05, 4.69) is 30.7 Å². The number of alkyl halides is 1. The molecule has 2 bridgehead atoms. The van der Waals surface area contributed by atoms with Gasteiger partial charge in [-0.3, -0.25) is 10.00 Å². The molecule has 5 rings (SSSR count). The minimum absolute atomic E-state index is 0.273. The van der Waals surface area contributed by atoms with Gasteiger partial charge in [0.25, 0.3) is 0 Å². The first-order valence-corrected chi connectivity index (χ1v) is 10.9. The van der Waals surface area contributed by atoms with E-state index in [0.717, 1.165) is 48.1 Å². The molecule has 3 N–H and O–H groups in total. The molecule has 1 unspecified atom stereocenters. The van der Waals surface area contributed by atoms with Crippen molar-refractivity contribution in [3.05, 3.63) is 30.0 Å². The highest BCUT2D eigenvalue weighted by atomic mass is 19.1. The maximum absolute atomic E-state index is 13.0. The van der Waals surface area contributed by atoms with Crippen LogP contribution in [0.25, 0.3) is 10.9 Å². The molecule has 3 aromatic rings. The standard InChI is InChI=1S/C22H28FN7O/c1-13-9-20(29-28-13)26-19-12-18-17(5-6-21(25-18)31-2)22(27-19)24-14-10-15-3-4-16(11-14)30(15)8-7-23/h5-6,9,12,14-16H,3-4,7-8,10-11H2,1-2H3,(H3,24,26,27,28,29)/t14?,15-,16+. The summed E-state index contributed by atoms with van der Waals surface area (Å²) in [6, 6.07) is 8.87. The number of anilines is 3. The number of nitrogens with one attached hydrogen (secondary N) is 3. The largest absolute Gasteiger partial charge is 0.481 e. The van der Waals surface area contributed by atoms with Crippen LogP contribution in [0.15, 0.2) is 24.3 Å². The molecule has 31 heavy (non-hydrogen) atoms. The molecule has 0 spiro atoms. The number of hydrogen-bond acceptors (Lipinski definition) is 7. The Morgan fingerprint density at radius 2 is 1.97 bits per heavy atom. The molecule has 3 atom stereocenters. The molecule has 8 nitrogen and oxygen atoms in total. The van der Waals surface area contributed by atoms with Gasteiger partial charge in [0, 0.05) is 53.9 Å². The Morgan fingerprint density at radius 3 is 2.65 bits per heavy atom. The van der Waals surface area contributed by atoms with E-state index < -0.39 is 0 Å². The Balaban J connectivity index is 1.44. The van der Waals surface area contributed by atoms with Gasteiger partial charge in [0.2, 0.25) is 5.88 Å². The smallest absolute Gasteiger partial charge is 0.213 e. The first-order chi connectivity index (χ1) is 15.1. The van der Waals surface area contributed by atoms with Crippen molar-refractivity contribution in [3.8, 4) is 5.88 Å². The second kappa shape index (κ2) is 8.30. The highest BCUT2D eigenvalue weighted by Crippen LogP contribution is 2.37. The van der Waals surface area contributed by atoms with Crippen LogP contribution in [-0.4, -0.2) is 63.5 Å². The summed E-state index contributed by atoms with van der Waals surface area (Å²) in [5.41, 5.74) is 1.77. The molecule has 2 fully saturated rings. The van der Waals surface area contributed by atoms with Crippen molar-refractivity contribution < 1.29 is 9.13 Å². The van der Waals surface area contributed by atoms with Gasteiger partial charge in [-0.25, -0.2) is 14.4 Å². The number of aryl methyl sites for hydroxylation is 1. The zero-order chi connectivity index (χ0) is 21.4. The van der Waals surface area contributed by atoms with Crippen LogP contribution in [0.5, 0.6) is 5.88 Å². The van der Waals surface area contributed by atoms with E-state index in [0.29, 0.717) is 42.2 Å². The van der Waals surface area contributed by atoms with Crippen LogP contribution in [0.4, 0.5) is 21.8 Å². The first-order valence-electron chi connectivity index (χ1n) is 10.9. The lowest BCUT2D eigenvalue weighted by molar-refractivity contribution is 0.123. The number of aromatic amines is 1. The zero-order valence-electron chi connectivity index (χ0n) is 17.9. The van der Waals surface area contributed by atoms with Crippen molar-refractivity contribution in [2.45, 2.75) is 50.7 Å². The summed E-state index contributed by atoms with van der Waals surface area (Å²) in [5, 5.41) is 15.1. The summed E-state index contributed by atoms with van der Waals surface area (Å²) in [6.45, 7) is 2.23. The lowest BCUT2D eigenvalue weighted by atomic mass is 9.97. The monoisotopic (exact) mass is 425 g/mol. The number of aromatic nitrogens is 4. The average Bonchev–Trinajstić information content (AvgIpc) is 3.26. The highest BCUT2D eigenvalue weighted by Gasteiger charge is 2.40. The predicted molar refractivity (Wildman–Crippen MR) is 119 cm³/mol. The van der Waals surface area contributed by atoms with Gasteiger partial charge in [-0.15, -0.1) is 0 Å². The fourth-order valence-electron chi connectivity index (χ4n) is 5.06. The molecule has 0 amide bonds. The summed E-state index contributed by atoms with van der Waals surface area (Å²) in [4.78, 5) is 11.8. The topological polar surface area (TPSA) is 91.0 Å². The van der Waals surface area contributed by atoms with E-state index in [1.165, 1.54) is 0 Å². The van der Waals surface area contributed by atoms with Gasteiger partial charge in [0.15, 0.2) is 5.82 Å². The van der Waals surface area contributed by atoms with E-state index in [1.54, 1.807) is 7.11 Å². The summed E-state index contributed by atoms with van der Waals surface area (Å²) < 4.78 is 18.3. The third kappa shape index (κ3) is 4.01. The molecule has 0 radical (unpaired) electrons. The molecule has 9 heteroatoms. The quantitative estimate of drug-likeness (QED) is 0.530. The Hall–Kier alpha value is -2.94. The van der Waals surface area contributed by atoms with E-state index in [9.17, 15) is 4.39 Å². The average molecular weight is 426 g/mol. The molecule has 164 valence electrons. The van der Waals surface area contributed by atoms with Gasteiger partial charge >= 0.3 is 0 Å². The first kappa shape index (κ1) is 20.0. The van der Waals surface area contributed by atoms with Crippen LogP contribution in [0.2, 0.25) is 0 Å². The molecular formula is C22H28FN7O. The normalized spacial score (nSPS) is 23.3. The fourth-order valence-corrected chi connectivity index (χ4v) is 5.06. The van der Waals surface area contributed by atoms with Crippen LogP contribution >= 0.6 is 0 Å². The Morgan fingerprint density at radius 1 is 1.16 bits per heavy atom. The maximum atomic E-state index is 13.0. The predicted octanol–water partition coefficient (Wildman–Crippen LogP) is 3.79. The maximum Gasteiger partial charge on any atom is 0.213 e. The van der Waals surface area contributed by atoms with Gasteiger partial charge in [-0.2, -0.15) is 5.10 Å². The molecule has 3 aromatic heterocycles. The van der Waals surface area contributed by atoms with E-state index in [1.807, 2.05) is 31.2 Å². The van der Waals surface area contributed by atoms with Crippen molar-refractivity contribution in [1.29, 1.82) is 0 Å². The van der Waals surface area contributed by atoms with Crippen LogP contribution < -0.4 is 15.4 Å². The Kier molecular flexibility index (Phi) is 5.35. The van der Waals surface area contributed by atoms with Crippen LogP contribution in [0.3, 0.4) is 0 Å². The molecule has 2 aliphatic heterocycles. The van der Waals surface area contributed by atoms with Crippen molar-refractivity contribution in [3.63, 3.8) is 0 Å². The van der Waals surface area contributed by atoms with Gasteiger partial charge in [0.05, 0.1) is 12.6 Å². The van der Waals surface area contributed by atoms with E-state index in [-0.39, 0.29) is 6.67 Å². The van der Waals surface area contributed by atoms with Crippen molar-refractivity contribution in [2.24, 2.45) is 0 Å². The number of halogens is 1. The number of methoxy groups -OCH3 is 1. The Labute approximate surface area is 180 Å². The lowest BCUT2D eigenvalue weighted by Crippen LogP contribution is -2.47. The van der Waals surface area contributed by atoms with Crippen LogP contribution in [-0.2, 0) is 0 Å². The number of fused-ring (bicyclic) bond motifs is 3. The number of ether oxygens (including phenoxy) is 1. The number of H-pyrrole nitrogens is 1. The third-order valence-corrected chi connectivity index (χ3v) is 6.40. The van der Waals surface area contributed by atoms with Gasteiger partial charge in [0.1, 0.15) is 18.3 Å². The molecular weight excluding hydrogens is 397 g/mol. The minimum atomic E-state index is -0.273. The summed E-state index contributed by atoms with van der Waals surface area (Å²) in [5.74, 6) is 2.73. The summed E-state index contributed by atoms with van der Waals surface area (Å²) in [6.07, 6.45) is 4.30. The van der Waals surface area contributed by atoms with Gasteiger partial charge < -0.3 is 15.4 Å². The fraction of sp³-hybridized carbons (Fsp3) is 0.500. The number of nitrogens with zero attached hydrogens (tertiary/aromatic N) is 4. The number of hydrogen-bond donors (Lipinski definition) is 3. The van der Waals surface area contributed by atoms with Crippen LogP contribution in [0, 0.1) is 6.92 Å². The molecule has 2 aliphatic rings. The highest BCUT2D eigenvalue weighted by molar-refractivity contribution is 5.92. The minimum Gasteiger partial charge on any atom is -0.481 e.